The second kappa shape index (κ2) is 4.14. The summed E-state index contributed by atoms with van der Waals surface area (Å²) in [5.74, 6) is 2.14. The summed E-state index contributed by atoms with van der Waals surface area (Å²) >= 11 is 0. The molecule has 5 heteroatoms. The third kappa shape index (κ3) is 1.95. The Morgan fingerprint density at radius 3 is 3.12 bits per heavy atom. The largest absolute Gasteiger partial charge is 0.445 e. The number of amides is 1. The molecule has 2 aliphatic rings. The quantitative estimate of drug-likeness (QED) is 0.732. The van der Waals surface area contributed by atoms with Gasteiger partial charge in [0.25, 0.3) is 0 Å². The molecule has 17 heavy (non-hydrogen) atoms. The highest BCUT2D eigenvalue weighted by Gasteiger charge is 2.28. The van der Waals surface area contributed by atoms with E-state index in [2.05, 4.69) is 4.98 Å². The number of ether oxygens (including phenoxy) is 1. The summed E-state index contributed by atoms with van der Waals surface area (Å²) in [6.07, 6.45) is 1.76. The predicted octanol–water partition coefficient (Wildman–Crippen LogP) is 1.08. The zero-order valence-electron chi connectivity index (χ0n) is 9.94. The smallest absolute Gasteiger partial charge is 0.219 e. The van der Waals surface area contributed by atoms with Crippen LogP contribution in [0.25, 0.3) is 0 Å². The number of hydrogen-bond acceptors (Lipinski definition) is 4. The number of fused-ring (bicyclic) bond motifs is 1. The number of nitrogens with zero attached hydrogens (tertiary/aromatic N) is 2. The van der Waals surface area contributed by atoms with Crippen molar-refractivity contribution in [3.8, 4) is 0 Å². The van der Waals surface area contributed by atoms with Crippen LogP contribution >= 0.6 is 0 Å². The Bertz CT molecular complexity index is 435. The SMILES string of the molecule is CC(=O)N1CCc2oc(C3CCOC3)nc2C1. The molecule has 0 aliphatic carbocycles. The predicted molar refractivity (Wildman–Crippen MR) is 59.5 cm³/mol. The molecule has 0 saturated carbocycles. The van der Waals surface area contributed by atoms with Crippen LogP contribution in [-0.2, 0) is 22.5 Å². The molecule has 0 spiro atoms. The molecule has 0 aromatic carbocycles. The molecule has 3 heterocycles. The van der Waals surface area contributed by atoms with Crippen LogP contribution in [0.1, 0.15) is 36.6 Å². The average Bonchev–Trinajstić information content (AvgIpc) is 2.96. The Kier molecular flexibility index (Phi) is 2.63. The van der Waals surface area contributed by atoms with Crippen LogP contribution in [0.4, 0.5) is 0 Å². The van der Waals surface area contributed by atoms with Crippen LogP contribution in [0.2, 0.25) is 0 Å². The topological polar surface area (TPSA) is 55.6 Å². The maximum atomic E-state index is 11.3. The van der Waals surface area contributed by atoms with Crippen molar-refractivity contribution in [3.63, 3.8) is 0 Å². The van der Waals surface area contributed by atoms with E-state index in [1.165, 1.54) is 0 Å². The normalized spacial score (nSPS) is 23.8. The highest BCUT2D eigenvalue weighted by Crippen LogP contribution is 2.28. The molecule has 0 bridgehead atoms. The Hall–Kier alpha value is -1.36. The maximum absolute atomic E-state index is 11.3. The molecular formula is C12H16N2O3. The molecule has 1 unspecified atom stereocenters. The van der Waals surface area contributed by atoms with Crippen molar-refractivity contribution in [3.05, 3.63) is 17.3 Å². The third-order valence-electron chi connectivity index (χ3n) is 3.47. The summed E-state index contributed by atoms with van der Waals surface area (Å²) in [5.41, 5.74) is 0.924. The molecule has 1 amide bonds. The van der Waals surface area contributed by atoms with E-state index in [0.29, 0.717) is 19.1 Å². The number of rotatable bonds is 1. The lowest BCUT2D eigenvalue weighted by atomic mass is 10.1. The zero-order chi connectivity index (χ0) is 11.8. The monoisotopic (exact) mass is 236 g/mol. The van der Waals surface area contributed by atoms with Gasteiger partial charge in [-0.2, -0.15) is 0 Å². The molecule has 2 aliphatic heterocycles. The lowest BCUT2D eigenvalue weighted by molar-refractivity contribution is -0.129. The molecule has 1 atom stereocenters. The van der Waals surface area contributed by atoms with E-state index in [9.17, 15) is 4.79 Å². The van der Waals surface area contributed by atoms with Gasteiger partial charge in [-0.05, 0) is 6.42 Å². The summed E-state index contributed by atoms with van der Waals surface area (Å²) in [4.78, 5) is 17.6. The van der Waals surface area contributed by atoms with Crippen molar-refractivity contribution in [1.82, 2.24) is 9.88 Å². The first-order valence-electron chi connectivity index (χ1n) is 6.06. The van der Waals surface area contributed by atoms with Crippen LogP contribution in [0.5, 0.6) is 0 Å². The Labute approximate surface area is 99.8 Å². The molecule has 1 saturated heterocycles. The number of aromatic nitrogens is 1. The molecule has 1 aromatic heterocycles. The highest BCUT2D eigenvalue weighted by molar-refractivity contribution is 5.73. The fourth-order valence-electron chi connectivity index (χ4n) is 2.39. The maximum Gasteiger partial charge on any atom is 0.219 e. The summed E-state index contributed by atoms with van der Waals surface area (Å²) in [7, 11) is 0. The molecule has 0 N–H and O–H groups in total. The number of carbonyl (C=O) groups is 1. The lowest BCUT2D eigenvalue weighted by Crippen LogP contribution is -2.33. The number of hydrogen-bond donors (Lipinski definition) is 0. The first-order chi connectivity index (χ1) is 8.24. The van der Waals surface area contributed by atoms with Crippen molar-refractivity contribution in [2.24, 2.45) is 0 Å². The van der Waals surface area contributed by atoms with E-state index in [1.807, 2.05) is 0 Å². The fourth-order valence-corrected chi connectivity index (χ4v) is 2.39. The van der Waals surface area contributed by atoms with Crippen molar-refractivity contribution in [2.45, 2.75) is 32.2 Å². The molecule has 1 aromatic rings. The summed E-state index contributed by atoms with van der Waals surface area (Å²) in [5, 5.41) is 0. The van der Waals surface area contributed by atoms with Gasteiger partial charge >= 0.3 is 0 Å². The van der Waals surface area contributed by atoms with Crippen molar-refractivity contribution in [1.29, 1.82) is 0 Å². The third-order valence-corrected chi connectivity index (χ3v) is 3.47. The van der Waals surface area contributed by atoms with E-state index >= 15 is 0 Å². The van der Waals surface area contributed by atoms with Crippen LogP contribution < -0.4 is 0 Å². The summed E-state index contributed by atoms with van der Waals surface area (Å²) in [6, 6.07) is 0. The number of carbonyl (C=O) groups excluding carboxylic acids is 1. The molecule has 0 radical (unpaired) electrons. The first kappa shape index (κ1) is 10.8. The van der Waals surface area contributed by atoms with E-state index in [4.69, 9.17) is 9.15 Å². The van der Waals surface area contributed by atoms with Crippen molar-refractivity contribution >= 4 is 5.91 Å². The van der Waals surface area contributed by atoms with Gasteiger partial charge in [-0.3, -0.25) is 4.79 Å². The Balaban J connectivity index is 1.81. The molecule has 1 fully saturated rings. The summed E-state index contributed by atoms with van der Waals surface area (Å²) < 4.78 is 11.1. The van der Waals surface area contributed by atoms with Gasteiger partial charge in [-0.1, -0.05) is 0 Å². The molecular weight excluding hydrogens is 220 g/mol. The standard InChI is InChI=1S/C12H16N2O3/c1-8(15)14-4-2-11-10(6-14)13-12(17-11)9-3-5-16-7-9/h9H,2-7H2,1H3. The highest BCUT2D eigenvalue weighted by atomic mass is 16.5. The minimum atomic E-state index is 0.101. The zero-order valence-corrected chi connectivity index (χ0v) is 9.94. The van der Waals surface area contributed by atoms with Gasteiger partial charge in [0.15, 0.2) is 5.89 Å². The van der Waals surface area contributed by atoms with Gasteiger partial charge in [0.05, 0.1) is 19.1 Å². The van der Waals surface area contributed by atoms with E-state index < -0.39 is 0 Å². The average molecular weight is 236 g/mol. The minimum absolute atomic E-state index is 0.101. The van der Waals surface area contributed by atoms with E-state index in [1.54, 1.807) is 11.8 Å². The van der Waals surface area contributed by atoms with Gasteiger partial charge in [-0.15, -0.1) is 0 Å². The Morgan fingerprint density at radius 1 is 1.53 bits per heavy atom. The molecule has 5 nitrogen and oxygen atoms in total. The first-order valence-corrected chi connectivity index (χ1v) is 6.06. The second-order valence-electron chi connectivity index (χ2n) is 4.67. The minimum Gasteiger partial charge on any atom is -0.445 e. The van der Waals surface area contributed by atoms with E-state index in [0.717, 1.165) is 43.3 Å². The lowest BCUT2D eigenvalue weighted by Gasteiger charge is -2.23. The second-order valence-corrected chi connectivity index (χ2v) is 4.67. The van der Waals surface area contributed by atoms with Crippen molar-refractivity contribution < 1.29 is 13.9 Å². The van der Waals surface area contributed by atoms with Gasteiger partial charge in [-0.25, -0.2) is 4.98 Å². The van der Waals surface area contributed by atoms with Crippen LogP contribution in [0.15, 0.2) is 4.42 Å². The van der Waals surface area contributed by atoms with Gasteiger partial charge < -0.3 is 14.1 Å². The van der Waals surface area contributed by atoms with Crippen LogP contribution in [0, 0.1) is 0 Å². The Morgan fingerprint density at radius 2 is 2.41 bits per heavy atom. The summed E-state index contributed by atoms with van der Waals surface area (Å²) in [6.45, 7) is 4.41. The fraction of sp³-hybridized carbons (Fsp3) is 0.667. The van der Waals surface area contributed by atoms with Crippen LogP contribution in [0.3, 0.4) is 0 Å². The number of oxazole rings is 1. The van der Waals surface area contributed by atoms with Gasteiger partial charge in [0.1, 0.15) is 11.5 Å². The molecule has 3 rings (SSSR count). The van der Waals surface area contributed by atoms with Crippen molar-refractivity contribution in [2.75, 3.05) is 19.8 Å². The van der Waals surface area contributed by atoms with Gasteiger partial charge in [0.2, 0.25) is 5.91 Å². The molecule has 92 valence electrons. The van der Waals surface area contributed by atoms with Gasteiger partial charge in [0, 0.05) is 26.5 Å². The van der Waals surface area contributed by atoms with Crippen LogP contribution in [-0.4, -0.2) is 35.5 Å². The van der Waals surface area contributed by atoms with E-state index in [-0.39, 0.29) is 5.91 Å².